The minimum Gasteiger partial charge on any atom is -0.350 e. The fraction of sp³-hybridized carbons (Fsp3) is 0.273. The number of halogens is 3. The lowest BCUT2D eigenvalue weighted by molar-refractivity contribution is -0.137. The molecule has 0 spiro atoms. The van der Waals surface area contributed by atoms with Crippen LogP contribution in [0.4, 0.5) is 13.2 Å². The molecule has 0 unspecified atom stereocenters. The van der Waals surface area contributed by atoms with Gasteiger partial charge in [0.25, 0.3) is 0 Å². The predicted molar refractivity (Wildman–Crippen MR) is 106 cm³/mol. The second kappa shape index (κ2) is 7.85. The Hall–Kier alpha value is -3.29. The number of nitrogens with zero attached hydrogens (tertiary/aromatic N) is 2. The summed E-state index contributed by atoms with van der Waals surface area (Å²) in [6.07, 6.45) is -0.927. The van der Waals surface area contributed by atoms with Gasteiger partial charge in [-0.1, -0.05) is 42.5 Å². The summed E-state index contributed by atoms with van der Waals surface area (Å²) in [7, 11) is 0. The topological polar surface area (TPSA) is 56.0 Å². The second-order valence-electron chi connectivity index (χ2n) is 7.37. The minimum atomic E-state index is -4.44. The van der Waals surface area contributed by atoms with Crippen molar-refractivity contribution in [2.45, 2.75) is 38.1 Å². The summed E-state index contributed by atoms with van der Waals surface area (Å²) in [5.74, 6) is -0.443. The highest BCUT2D eigenvalue weighted by Crippen LogP contribution is 2.37. The largest absolute Gasteiger partial charge is 0.416 e. The molecule has 1 heterocycles. The van der Waals surface area contributed by atoms with Crippen LogP contribution in [0.5, 0.6) is 0 Å². The standard InChI is InChI=1S/C22H20F3N3O2/c23-22(24,25)17-8-4-5-15(11-17)12-26-20(29)14-27-13-19(16-6-2-1-3-7-16)28(21(27)30)18-9-10-18/h1-8,11,13,18H,9-10,12,14H2,(H,26,29). The zero-order valence-corrected chi connectivity index (χ0v) is 16.0. The first-order valence-electron chi connectivity index (χ1n) is 9.63. The number of nitrogens with one attached hydrogen (secondary N) is 1. The van der Waals surface area contributed by atoms with Crippen molar-refractivity contribution in [3.05, 3.63) is 82.4 Å². The summed E-state index contributed by atoms with van der Waals surface area (Å²) in [5, 5.41) is 2.59. The van der Waals surface area contributed by atoms with Crippen molar-refractivity contribution < 1.29 is 18.0 Å². The van der Waals surface area contributed by atoms with Crippen molar-refractivity contribution >= 4 is 5.91 Å². The highest BCUT2D eigenvalue weighted by Gasteiger charge is 2.31. The highest BCUT2D eigenvalue weighted by molar-refractivity contribution is 5.76. The van der Waals surface area contributed by atoms with E-state index in [1.807, 2.05) is 30.3 Å². The van der Waals surface area contributed by atoms with Crippen molar-refractivity contribution in [3.63, 3.8) is 0 Å². The normalized spacial score (nSPS) is 14.0. The Kier molecular flexibility index (Phi) is 5.24. The Balaban J connectivity index is 1.48. The van der Waals surface area contributed by atoms with Crippen molar-refractivity contribution in [2.75, 3.05) is 0 Å². The van der Waals surface area contributed by atoms with Gasteiger partial charge in [0.1, 0.15) is 6.54 Å². The maximum atomic E-state index is 12.8. The number of benzene rings is 2. The van der Waals surface area contributed by atoms with E-state index in [1.165, 1.54) is 16.7 Å². The van der Waals surface area contributed by atoms with E-state index < -0.39 is 17.6 Å². The smallest absolute Gasteiger partial charge is 0.350 e. The van der Waals surface area contributed by atoms with E-state index in [4.69, 9.17) is 0 Å². The second-order valence-corrected chi connectivity index (χ2v) is 7.37. The zero-order chi connectivity index (χ0) is 21.3. The first kappa shape index (κ1) is 20.0. The molecule has 1 aliphatic rings. The molecule has 0 atom stereocenters. The number of aromatic nitrogens is 2. The van der Waals surface area contributed by atoms with Gasteiger partial charge in [0.05, 0.1) is 11.3 Å². The van der Waals surface area contributed by atoms with Crippen LogP contribution in [0.1, 0.15) is 30.0 Å². The predicted octanol–water partition coefficient (Wildman–Crippen LogP) is 3.99. The summed E-state index contributed by atoms with van der Waals surface area (Å²) in [6.45, 7) is -0.246. The molecule has 1 aliphatic carbocycles. The van der Waals surface area contributed by atoms with E-state index in [2.05, 4.69) is 5.32 Å². The third-order valence-electron chi connectivity index (χ3n) is 5.03. The molecule has 30 heavy (non-hydrogen) atoms. The average molecular weight is 415 g/mol. The lowest BCUT2D eigenvalue weighted by Crippen LogP contribution is -2.32. The van der Waals surface area contributed by atoms with Gasteiger partial charge in [-0.15, -0.1) is 0 Å². The average Bonchev–Trinajstić information content (AvgIpc) is 3.51. The Labute approximate surface area is 170 Å². The molecule has 1 fully saturated rings. The fourth-order valence-corrected chi connectivity index (χ4v) is 3.40. The molecule has 1 saturated carbocycles. The van der Waals surface area contributed by atoms with Crippen LogP contribution in [0, 0.1) is 0 Å². The van der Waals surface area contributed by atoms with Gasteiger partial charge < -0.3 is 5.32 Å². The van der Waals surface area contributed by atoms with E-state index in [1.54, 1.807) is 10.8 Å². The lowest BCUT2D eigenvalue weighted by Gasteiger charge is -2.09. The number of hydrogen-bond acceptors (Lipinski definition) is 2. The van der Waals surface area contributed by atoms with E-state index in [9.17, 15) is 22.8 Å². The summed E-state index contributed by atoms with van der Waals surface area (Å²) < 4.78 is 41.5. The van der Waals surface area contributed by atoms with E-state index in [0.717, 1.165) is 36.2 Å². The maximum absolute atomic E-state index is 12.8. The highest BCUT2D eigenvalue weighted by atomic mass is 19.4. The molecule has 1 aromatic heterocycles. The monoisotopic (exact) mass is 415 g/mol. The summed E-state index contributed by atoms with van der Waals surface area (Å²) in [4.78, 5) is 25.2. The fourth-order valence-electron chi connectivity index (χ4n) is 3.40. The summed E-state index contributed by atoms with van der Waals surface area (Å²) >= 11 is 0. The Morgan fingerprint density at radius 3 is 2.47 bits per heavy atom. The number of carbonyl (C=O) groups excluding carboxylic acids is 1. The van der Waals surface area contributed by atoms with Gasteiger partial charge in [-0.3, -0.25) is 13.9 Å². The van der Waals surface area contributed by atoms with Gasteiger partial charge >= 0.3 is 11.9 Å². The van der Waals surface area contributed by atoms with Crippen LogP contribution < -0.4 is 11.0 Å². The van der Waals surface area contributed by atoms with E-state index in [0.29, 0.717) is 5.56 Å². The zero-order valence-electron chi connectivity index (χ0n) is 16.0. The molecule has 0 bridgehead atoms. The number of amides is 1. The number of carbonyl (C=O) groups is 1. The van der Waals surface area contributed by atoms with Crippen molar-refractivity contribution in [3.8, 4) is 11.3 Å². The maximum Gasteiger partial charge on any atom is 0.416 e. The molecule has 0 radical (unpaired) electrons. The molecule has 0 saturated heterocycles. The van der Waals surface area contributed by atoms with Gasteiger partial charge in [-0.05, 0) is 36.1 Å². The van der Waals surface area contributed by atoms with E-state index in [-0.39, 0.29) is 24.8 Å². The van der Waals surface area contributed by atoms with Gasteiger partial charge in [-0.2, -0.15) is 13.2 Å². The minimum absolute atomic E-state index is 0.0492. The molecule has 8 heteroatoms. The molecule has 156 valence electrons. The van der Waals surface area contributed by atoms with Gasteiger partial charge in [0.2, 0.25) is 5.91 Å². The number of hydrogen-bond donors (Lipinski definition) is 1. The first-order valence-corrected chi connectivity index (χ1v) is 9.63. The Morgan fingerprint density at radius 2 is 1.80 bits per heavy atom. The molecule has 1 N–H and O–H groups in total. The van der Waals surface area contributed by atoms with Crippen LogP contribution >= 0.6 is 0 Å². The van der Waals surface area contributed by atoms with Crippen LogP contribution in [0.2, 0.25) is 0 Å². The molecule has 0 aliphatic heterocycles. The number of alkyl halides is 3. The molecular weight excluding hydrogens is 395 g/mol. The van der Waals surface area contributed by atoms with Crippen molar-refractivity contribution in [1.29, 1.82) is 0 Å². The van der Waals surface area contributed by atoms with Crippen LogP contribution in [-0.2, 0) is 24.1 Å². The third-order valence-corrected chi connectivity index (χ3v) is 5.03. The molecule has 5 nitrogen and oxygen atoms in total. The Morgan fingerprint density at radius 1 is 1.07 bits per heavy atom. The molecule has 4 rings (SSSR count). The van der Waals surface area contributed by atoms with Crippen LogP contribution in [0.15, 0.2) is 65.6 Å². The molecular formula is C22H20F3N3O2. The molecule has 1 amide bonds. The number of rotatable bonds is 6. The molecule has 3 aromatic rings. The van der Waals surface area contributed by atoms with Crippen LogP contribution in [0.3, 0.4) is 0 Å². The third kappa shape index (κ3) is 4.32. The molecule has 2 aromatic carbocycles. The van der Waals surface area contributed by atoms with Gasteiger partial charge in [0.15, 0.2) is 0 Å². The van der Waals surface area contributed by atoms with Crippen molar-refractivity contribution in [1.82, 2.24) is 14.5 Å². The Bertz CT molecular complexity index is 1110. The lowest BCUT2D eigenvalue weighted by atomic mass is 10.1. The van der Waals surface area contributed by atoms with Crippen LogP contribution in [0.25, 0.3) is 11.3 Å². The summed E-state index contributed by atoms with van der Waals surface area (Å²) in [6, 6.07) is 14.4. The van der Waals surface area contributed by atoms with E-state index >= 15 is 0 Å². The van der Waals surface area contributed by atoms with Crippen LogP contribution in [-0.4, -0.2) is 15.0 Å². The van der Waals surface area contributed by atoms with Crippen molar-refractivity contribution in [2.24, 2.45) is 0 Å². The van der Waals surface area contributed by atoms with Gasteiger partial charge in [-0.25, -0.2) is 4.79 Å². The first-order chi connectivity index (χ1) is 14.3. The number of imidazole rings is 1. The SMILES string of the molecule is O=C(Cn1cc(-c2ccccc2)n(C2CC2)c1=O)NCc1cccc(C(F)(F)F)c1. The van der Waals surface area contributed by atoms with Gasteiger partial charge in [0, 0.05) is 18.8 Å². The quantitative estimate of drug-likeness (QED) is 0.662. The summed E-state index contributed by atoms with van der Waals surface area (Å²) in [5.41, 5.74) is 0.967.